The van der Waals surface area contributed by atoms with Gasteiger partial charge in [0.25, 0.3) is 0 Å². The van der Waals surface area contributed by atoms with E-state index in [1.54, 1.807) is 73.3 Å². The predicted molar refractivity (Wildman–Crippen MR) is 183 cm³/mol. The van der Waals surface area contributed by atoms with Crippen molar-refractivity contribution in [3.63, 3.8) is 0 Å². The van der Waals surface area contributed by atoms with E-state index in [1.807, 2.05) is 49.4 Å². The van der Waals surface area contributed by atoms with E-state index < -0.39 is 18.2 Å². The third-order valence-corrected chi connectivity index (χ3v) is 8.35. The van der Waals surface area contributed by atoms with E-state index in [0.717, 1.165) is 10.8 Å². The summed E-state index contributed by atoms with van der Waals surface area (Å²) in [7, 11) is 3.28. The average molecular weight is 640 g/mol. The first-order valence-corrected chi connectivity index (χ1v) is 15.6. The fraction of sp³-hybridized carbons (Fsp3) is 0.306. The highest BCUT2D eigenvalue weighted by Gasteiger charge is 2.32. The van der Waals surface area contributed by atoms with Gasteiger partial charge in [0.15, 0.2) is 0 Å². The SMILES string of the molecule is COc1ccc(NC(=O)Nc2ccc3c(c2)CC(=O)N([C@@H](C)CO)C[C@H](C)[C@H](CN(C)C(=O)Nc2cccc4ccccc24)O3)cc1. The molecule has 47 heavy (non-hydrogen) atoms. The van der Waals surface area contributed by atoms with Crippen molar-refractivity contribution in [2.75, 3.05) is 49.8 Å². The number of rotatable bonds is 8. The van der Waals surface area contributed by atoms with Gasteiger partial charge < -0.3 is 40.3 Å². The Kier molecular flexibility index (Phi) is 10.5. The Morgan fingerprint density at radius 1 is 1.00 bits per heavy atom. The molecule has 0 aromatic heterocycles. The van der Waals surface area contributed by atoms with E-state index in [0.29, 0.717) is 40.7 Å². The number of ether oxygens (including phenoxy) is 2. The molecule has 5 rings (SSSR count). The normalized spacial score (nSPS) is 16.9. The van der Waals surface area contributed by atoms with Crippen LogP contribution in [-0.2, 0) is 11.2 Å². The van der Waals surface area contributed by atoms with Crippen molar-refractivity contribution < 1.29 is 29.0 Å². The highest BCUT2D eigenvalue weighted by Crippen LogP contribution is 2.30. The topological polar surface area (TPSA) is 132 Å². The number of carbonyl (C=O) groups is 3. The van der Waals surface area contributed by atoms with Gasteiger partial charge in [-0.25, -0.2) is 9.59 Å². The quantitative estimate of drug-likeness (QED) is 0.193. The van der Waals surface area contributed by atoms with Gasteiger partial charge in [0.05, 0.1) is 38.4 Å². The molecule has 3 atom stereocenters. The zero-order chi connectivity index (χ0) is 33.5. The van der Waals surface area contributed by atoms with E-state index in [-0.39, 0.29) is 37.4 Å². The Hall–Kier alpha value is -5.29. The number of amides is 5. The van der Waals surface area contributed by atoms with Gasteiger partial charge in [-0.1, -0.05) is 43.3 Å². The number of hydrogen-bond donors (Lipinski definition) is 4. The summed E-state index contributed by atoms with van der Waals surface area (Å²) in [5.41, 5.74) is 2.35. The maximum Gasteiger partial charge on any atom is 0.323 e. The number of nitrogens with zero attached hydrogens (tertiary/aromatic N) is 2. The molecule has 0 aliphatic carbocycles. The summed E-state index contributed by atoms with van der Waals surface area (Å²) in [4.78, 5) is 43.0. The fourth-order valence-electron chi connectivity index (χ4n) is 5.59. The molecule has 0 unspecified atom stereocenters. The van der Waals surface area contributed by atoms with E-state index in [4.69, 9.17) is 9.47 Å². The van der Waals surface area contributed by atoms with Crippen LogP contribution in [0.25, 0.3) is 10.8 Å². The lowest BCUT2D eigenvalue weighted by Crippen LogP contribution is -2.48. The van der Waals surface area contributed by atoms with E-state index in [2.05, 4.69) is 16.0 Å². The average Bonchev–Trinajstić information content (AvgIpc) is 3.11. The number of nitrogens with one attached hydrogen (secondary N) is 3. The highest BCUT2D eigenvalue weighted by molar-refractivity contribution is 6.01. The molecular formula is C36H41N5O6. The number of methoxy groups -OCH3 is 1. The second-order valence-electron chi connectivity index (χ2n) is 11.9. The molecule has 4 aromatic carbocycles. The summed E-state index contributed by atoms with van der Waals surface area (Å²) < 4.78 is 11.7. The minimum atomic E-state index is -0.492. The number of hydrogen-bond acceptors (Lipinski definition) is 6. The van der Waals surface area contributed by atoms with E-state index in [9.17, 15) is 19.5 Å². The fourth-order valence-corrected chi connectivity index (χ4v) is 5.59. The van der Waals surface area contributed by atoms with Crippen LogP contribution in [0.5, 0.6) is 11.5 Å². The van der Waals surface area contributed by atoms with E-state index >= 15 is 0 Å². The Balaban J connectivity index is 1.35. The molecule has 11 nitrogen and oxygen atoms in total. The zero-order valence-corrected chi connectivity index (χ0v) is 27.0. The van der Waals surface area contributed by atoms with Gasteiger partial charge in [0.1, 0.15) is 17.6 Å². The summed E-state index contributed by atoms with van der Waals surface area (Å²) in [6, 6.07) is 24.5. The highest BCUT2D eigenvalue weighted by atomic mass is 16.5. The Morgan fingerprint density at radius 2 is 1.70 bits per heavy atom. The smallest absolute Gasteiger partial charge is 0.323 e. The summed E-state index contributed by atoms with van der Waals surface area (Å²) >= 11 is 0. The van der Waals surface area contributed by atoms with E-state index in [1.165, 1.54) is 0 Å². The Morgan fingerprint density at radius 3 is 2.45 bits per heavy atom. The molecule has 4 aromatic rings. The third kappa shape index (κ3) is 8.11. The molecule has 5 amide bonds. The van der Waals surface area contributed by atoms with Crippen LogP contribution in [0.4, 0.5) is 26.7 Å². The number of aliphatic hydroxyl groups is 1. The first kappa shape index (κ1) is 33.1. The lowest BCUT2D eigenvalue weighted by Gasteiger charge is -2.34. The van der Waals surface area contributed by atoms with Gasteiger partial charge in [-0.15, -0.1) is 0 Å². The molecule has 0 fully saturated rings. The number of anilines is 3. The summed E-state index contributed by atoms with van der Waals surface area (Å²) in [5.74, 6) is 0.787. The van der Waals surface area contributed by atoms with Gasteiger partial charge in [0, 0.05) is 41.8 Å². The zero-order valence-electron chi connectivity index (χ0n) is 27.0. The molecule has 246 valence electrons. The van der Waals surface area contributed by atoms with Crippen LogP contribution in [0.1, 0.15) is 19.4 Å². The van der Waals surface area contributed by atoms with Crippen molar-refractivity contribution in [3.05, 3.63) is 90.5 Å². The number of likely N-dealkylation sites (N-methyl/N-ethyl adjacent to an activating group) is 1. The first-order valence-electron chi connectivity index (χ1n) is 15.6. The second-order valence-corrected chi connectivity index (χ2v) is 11.9. The number of fused-ring (bicyclic) bond motifs is 2. The number of benzene rings is 4. The van der Waals surface area contributed by atoms with Crippen LogP contribution in [0, 0.1) is 5.92 Å². The van der Waals surface area contributed by atoms with Crippen molar-refractivity contribution in [2.45, 2.75) is 32.4 Å². The number of aliphatic hydroxyl groups excluding tert-OH is 1. The standard InChI is InChI=1S/C36H41N5O6/c1-23-20-41(24(2)22-42)34(43)19-26-18-28(38-35(44)37-27-12-15-29(46-4)16-13-27)14-17-32(26)47-33(23)21-40(3)36(45)39-31-11-7-9-25-8-5-6-10-30(25)31/h5-18,23-24,33,42H,19-22H2,1-4H3,(H,39,45)(H2,37,38,44)/t23-,24-,33-/m0/s1. The van der Waals surface area contributed by atoms with Gasteiger partial charge in [-0.05, 0) is 60.8 Å². The van der Waals surface area contributed by atoms with Crippen molar-refractivity contribution in [1.82, 2.24) is 9.80 Å². The second kappa shape index (κ2) is 14.9. The molecule has 0 saturated carbocycles. The molecule has 1 aliphatic rings. The van der Waals surface area contributed by atoms with Crippen molar-refractivity contribution in [2.24, 2.45) is 5.92 Å². The molecule has 4 N–H and O–H groups in total. The van der Waals surface area contributed by atoms with Crippen LogP contribution in [0.3, 0.4) is 0 Å². The third-order valence-electron chi connectivity index (χ3n) is 8.35. The largest absolute Gasteiger partial charge is 0.497 e. The van der Waals surface area contributed by atoms with Crippen LogP contribution >= 0.6 is 0 Å². The maximum absolute atomic E-state index is 13.6. The van der Waals surface area contributed by atoms with Crippen LogP contribution < -0.4 is 25.4 Å². The molecule has 0 bridgehead atoms. The summed E-state index contributed by atoms with van der Waals surface area (Å²) in [5, 5.41) is 20.5. The first-order chi connectivity index (χ1) is 22.6. The van der Waals surface area contributed by atoms with Crippen LogP contribution in [0.15, 0.2) is 84.9 Å². The number of carbonyl (C=O) groups excluding carboxylic acids is 3. The lowest BCUT2D eigenvalue weighted by molar-refractivity contribution is -0.134. The van der Waals surface area contributed by atoms with Gasteiger partial charge >= 0.3 is 12.1 Å². The van der Waals surface area contributed by atoms with Gasteiger partial charge in [0.2, 0.25) is 5.91 Å². The van der Waals surface area contributed by atoms with Crippen LogP contribution in [-0.4, -0.2) is 78.9 Å². The van der Waals surface area contributed by atoms with Gasteiger partial charge in [-0.3, -0.25) is 4.79 Å². The van der Waals surface area contributed by atoms with Crippen molar-refractivity contribution >= 4 is 45.8 Å². The minimum Gasteiger partial charge on any atom is -0.497 e. The lowest BCUT2D eigenvalue weighted by atomic mass is 10.0. The Bertz CT molecular complexity index is 1720. The Labute approximate surface area is 274 Å². The molecule has 0 spiro atoms. The maximum atomic E-state index is 13.6. The number of urea groups is 2. The summed E-state index contributed by atoms with van der Waals surface area (Å²) in [6.45, 7) is 4.13. The molecule has 11 heteroatoms. The molecule has 0 saturated heterocycles. The molecule has 1 heterocycles. The molecular weight excluding hydrogens is 598 g/mol. The van der Waals surface area contributed by atoms with Crippen molar-refractivity contribution in [3.8, 4) is 11.5 Å². The molecule has 1 aliphatic heterocycles. The van der Waals surface area contributed by atoms with Crippen molar-refractivity contribution in [1.29, 1.82) is 0 Å². The predicted octanol–water partition coefficient (Wildman–Crippen LogP) is 5.81. The van der Waals surface area contributed by atoms with Gasteiger partial charge in [-0.2, -0.15) is 0 Å². The minimum absolute atomic E-state index is 0.00609. The monoisotopic (exact) mass is 639 g/mol. The molecule has 0 radical (unpaired) electrons. The van der Waals surface area contributed by atoms with Crippen LogP contribution in [0.2, 0.25) is 0 Å². The summed E-state index contributed by atoms with van der Waals surface area (Å²) in [6.07, 6.45) is -0.486.